The minimum atomic E-state index is -0.104. The quantitative estimate of drug-likeness (QED) is 0.911. The van der Waals surface area contributed by atoms with Crippen molar-refractivity contribution < 1.29 is 9.84 Å². The summed E-state index contributed by atoms with van der Waals surface area (Å²) in [6, 6.07) is 5.98. The largest absolute Gasteiger partial charge is 0.392 e. The zero-order valence-corrected chi connectivity index (χ0v) is 11.8. The molecule has 0 atom stereocenters. The molecule has 1 aromatic carbocycles. The van der Waals surface area contributed by atoms with Gasteiger partial charge in [0, 0.05) is 17.6 Å². The Morgan fingerprint density at radius 2 is 2.24 bits per heavy atom. The summed E-state index contributed by atoms with van der Waals surface area (Å²) < 4.78 is 6.73. The van der Waals surface area contributed by atoms with E-state index in [9.17, 15) is 0 Å². The SMILES string of the molecule is CC1(C)CN(c2ccc(CO)cc2Br)CCO1. The van der Waals surface area contributed by atoms with Crippen LogP contribution in [0.4, 0.5) is 5.69 Å². The lowest BCUT2D eigenvalue weighted by molar-refractivity contribution is -0.0277. The Morgan fingerprint density at radius 3 is 2.82 bits per heavy atom. The second-order valence-electron chi connectivity index (χ2n) is 4.97. The molecule has 1 N–H and O–H groups in total. The predicted octanol–water partition coefficient (Wildman–Crippen LogP) is 2.56. The van der Waals surface area contributed by atoms with Crippen molar-refractivity contribution in [3.05, 3.63) is 28.2 Å². The van der Waals surface area contributed by atoms with Gasteiger partial charge in [0.2, 0.25) is 0 Å². The smallest absolute Gasteiger partial charge is 0.0801 e. The van der Waals surface area contributed by atoms with Crippen LogP contribution in [0.1, 0.15) is 19.4 Å². The van der Waals surface area contributed by atoms with Gasteiger partial charge < -0.3 is 14.7 Å². The molecule has 3 nitrogen and oxygen atoms in total. The van der Waals surface area contributed by atoms with Gasteiger partial charge in [-0.05, 0) is 47.5 Å². The highest BCUT2D eigenvalue weighted by Crippen LogP contribution is 2.30. The number of morpholine rings is 1. The fourth-order valence-corrected chi connectivity index (χ4v) is 2.80. The van der Waals surface area contributed by atoms with Crippen LogP contribution in [0, 0.1) is 0 Å². The minimum absolute atomic E-state index is 0.0769. The molecule has 0 unspecified atom stereocenters. The molecule has 4 heteroatoms. The van der Waals surface area contributed by atoms with E-state index in [2.05, 4.69) is 40.7 Å². The molecule has 2 rings (SSSR count). The fraction of sp³-hybridized carbons (Fsp3) is 0.538. The molecule has 0 spiro atoms. The number of nitrogens with zero attached hydrogens (tertiary/aromatic N) is 1. The molecule has 1 fully saturated rings. The zero-order valence-electron chi connectivity index (χ0n) is 10.2. The first kappa shape index (κ1) is 12.9. The number of anilines is 1. The van der Waals surface area contributed by atoms with Gasteiger partial charge in [-0.3, -0.25) is 0 Å². The van der Waals surface area contributed by atoms with Gasteiger partial charge in [-0.1, -0.05) is 6.07 Å². The van der Waals surface area contributed by atoms with Gasteiger partial charge in [0.15, 0.2) is 0 Å². The van der Waals surface area contributed by atoms with Crippen LogP contribution in [0.15, 0.2) is 22.7 Å². The van der Waals surface area contributed by atoms with Crippen LogP contribution in [0.5, 0.6) is 0 Å². The monoisotopic (exact) mass is 299 g/mol. The highest BCUT2D eigenvalue weighted by molar-refractivity contribution is 9.10. The molecule has 1 heterocycles. The molecule has 0 bridgehead atoms. The number of halogens is 1. The molecule has 0 saturated carbocycles. The van der Waals surface area contributed by atoms with Crippen LogP contribution in [-0.2, 0) is 11.3 Å². The molecule has 17 heavy (non-hydrogen) atoms. The van der Waals surface area contributed by atoms with Gasteiger partial charge in [0.05, 0.1) is 24.5 Å². The van der Waals surface area contributed by atoms with E-state index in [0.717, 1.165) is 29.7 Å². The summed E-state index contributed by atoms with van der Waals surface area (Å²) in [4.78, 5) is 2.31. The Hall–Kier alpha value is -0.580. The molecule has 94 valence electrons. The van der Waals surface area contributed by atoms with Gasteiger partial charge in [-0.15, -0.1) is 0 Å². The van der Waals surface area contributed by atoms with E-state index in [1.54, 1.807) is 0 Å². The molecule has 1 aliphatic rings. The number of aliphatic hydroxyl groups excluding tert-OH is 1. The summed E-state index contributed by atoms with van der Waals surface area (Å²) in [5.74, 6) is 0. The Labute approximate surface area is 111 Å². The zero-order chi connectivity index (χ0) is 12.5. The summed E-state index contributed by atoms with van der Waals surface area (Å²) in [5.41, 5.74) is 1.99. The van der Waals surface area contributed by atoms with E-state index in [4.69, 9.17) is 9.84 Å². The van der Waals surface area contributed by atoms with Gasteiger partial charge in [-0.25, -0.2) is 0 Å². The normalized spacial score (nSPS) is 19.4. The van der Waals surface area contributed by atoms with Gasteiger partial charge >= 0.3 is 0 Å². The summed E-state index contributed by atoms with van der Waals surface area (Å²) in [6.45, 7) is 6.82. The maximum Gasteiger partial charge on any atom is 0.0801 e. The average Bonchev–Trinajstić information content (AvgIpc) is 2.27. The van der Waals surface area contributed by atoms with Crippen molar-refractivity contribution in [1.82, 2.24) is 0 Å². The minimum Gasteiger partial charge on any atom is -0.392 e. The number of ether oxygens (including phenoxy) is 1. The molecule has 1 saturated heterocycles. The Balaban J connectivity index is 2.22. The number of aliphatic hydroxyl groups is 1. The predicted molar refractivity (Wildman–Crippen MR) is 72.3 cm³/mol. The van der Waals surface area contributed by atoms with Crippen LogP contribution < -0.4 is 4.90 Å². The van der Waals surface area contributed by atoms with Gasteiger partial charge in [0.1, 0.15) is 0 Å². The lowest BCUT2D eigenvalue weighted by Crippen LogP contribution is -2.48. The molecule has 1 aliphatic heterocycles. The van der Waals surface area contributed by atoms with E-state index in [-0.39, 0.29) is 12.2 Å². The van der Waals surface area contributed by atoms with Gasteiger partial charge in [-0.2, -0.15) is 0 Å². The molecular formula is C13H18BrNO2. The number of hydrogen-bond acceptors (Lipinski definition) is 3. The lowest BCUT2D eigenvalue weighted by atomic mass is 10.1. The van der Waals surface area contributed by atoms with Crippen molar-refractivity contribution in [3.63, 3.8) is 0 Å². The fourth-order valence-electron chi connectivity index (χ4n) is 2.13. The first-order valence-corrected chi connectivity index (χ1v) is 6.59. The third kappa shape index (κ3) is 3.00. The van der Waals surface area contributed by atoms with Crippen molar-refractivity contribution in [2.75, 3.05) is 24.6 Å². The third-order valence-corrected chi connectivity index (χ3v) is 3.60. The molecule has 0 aromatic heterocycles. The third-order valence-electron chi connectivity index (χ3n) is 2.96. The first-order chi connectivity index (χ1) is 8.02. The maximum absolute atomic E-state index is 9.09. The number of rotatable bonds is 2. The summed E-state index contributed by atoms with van der Waals surface area (Å²) >= 11 is 3.57. The number of benzene rings is 1. The van der Waals surface area contributed by atoms with Crippen molar-refractivity contribution in [1.29, 1.82) is 0 Å². The molecule has 0 radical (unpaired) electrons. The van der Waals surface area contributed by atoms with Crippen LogP contribution in [0.2, 0.25) is 0 Å². The van der Waals surface area contributed by atoms with Crippen LogP contribution in [0.25, 0.3) is 0 Å². The van der Waals surface area contributed by atoms with E-state index in [1.807, 2.05) is 12.1 Å². The van der Waals surface area contributed by atoms with E-state index >= 15 is 0 Å². The van der Waals surface area contributed by atoms with Gasteiger partial charge in [0.25, 0.3) is 0 Å². The summed E-state index contributed by atoms with van der Waals surface area (Å²) in [6.07, 6.45) is 0. The lowest BCUT2D eigenvalue weighted by Gasteiger charge is -2.39. The molecule has 1 aromatic rings. The van der Waals surface area contributed by atoms with Crippen molar-refractivity contribution in [3.8, 4) is 0 Å². The van der Waals surface area contributed by atoms with Crippen LogP contribution in [0.3, 0.4) is 0 Å². The second kappa shape index (κ2) is 4.96. The molecular weight excluding hydrogens is 282 g/mol. The van der Waals surface area contributed by atoms with Crippen LogP contribution in [-0.4, -0.2) is 30.4 Å². The Kier molecular flexibility index (Phi) is 3.76. The highest BCUT2D eigenvalue weighted by atomic mass is 79.9. The Bertz CT molecular complexity index is 406. The van der Waals surface area contributed by atoms with Crippen molar-refractivity contribution in [2.45, 2.75) is 26.1 Å². The highest BCUT2D eigenvalue weighted by Gasteiger charge is 2.28. The maximum atomic E-state index is 9.09. The van der Waals surface area contributed by atoms with E-state index in [1.165, 1.54) is 5.69 Å². The second-order valence-corrected chi connectivity index (χ2v) is 5.83. The summed E-state index contributed by atoms with van der Waals surface area (Å²) in [7, 11) is 0. The number of hydrogen-bond donors (Lipinski definition) is 1. The topological polar surface area (TPSA) is 32.7 Å². The van der Waals surface area contributed by atoms with Crippen molar-refractivity contribution in [2.24, 2.45) is 0 Å². The standard InChI is InChI=1S/C13H18BrNO2/c1-13(2)9-15(5-6-17-13)12-4-3-10(8-16)7-11(12)14/h3-4,7,16H,5-6,8-9H2,1-2H3. The Morgan fingerprint density at radius 1 is 1.47 bits per heavy atom. The van der Waals surface area contributed by atoms with E-state index in [0.29, 0.717) is 0 Å². The van der Waals surface area contributed by atoms with Crippen LogP contribution >= 0.6 is 15.9 Å². The van der Waals surface area contributed by atoms with Crippen molar-refractivity contribution >= 4 is 21.6 Å². The van der Waals surface area contributed by atoms with E-state index < -0.39 is 0 Å². The average molecular weight is 300 g/mol. The molecule has 0 amide bonds. The summed E-state index contributed by atoms with van der Waals surface area (Å²) in [5, 5.41) is 9.09. The molecule has 0 aliphatic carbocycles. The first-order valence-electron chi connectivity index (χ1n) is 5.80.